The van der Waals surface area contributed by atoms with Crippen molar-refractivity contribution >= 4 is 27.6 Å². The van der Waals surface area contributed by atoms with Crippen LogP contribution in [0.25, 0.3) is 0 Å². The average molecular weight is 347 g/mol. The predicted octanol–water partition coefficient (Wildman–Crippen LogP) is 1.29. The Bertz CT molecular complexity index is 605. The molecule has 0 aliphatic carbocycles. The first-order valence-corrected chi connectivity index (χ1v) is 9.04. The van der Waals surface area contributed by atoms with E-state index in [0.29, 0.717) is 30.6 Å². The lowest BCUT2D eigenvalue weighted by Crippen LogP contribution is -2.42. The minimum Gasteiger partial charge on any atom is -0.355 e. The molecule has 124 valence electrons. The number of sulfonamides is 1. The summed E-state index contributed by atoms with van der Waals surface area (Å²) >= 11 is 5.97. The Morgan fingerprint density at radius 3 is 2.68 bits per heavy atom. The third-order valence-electron chi connectivity index (χ3n) is 2.99. The molecule has 0 aromatic heterocycles. The first kappa shape index (κ1) is 18.7. The SMILES string of the molecule is CCS(=O)(=O)NCCNC(=NC)N(C)Cc1cccc(Cl)c1. The fourth-order valence-electron chi connectivity index (χ4n) is 1.85. The Kier molecular flexibility index (Phi) is 7.64. The van der Waals surface area contributed by atoms with Gasteiger partial charge in [0.25, 0.3) is 0 Å². The van der Waals surface area contributed by atoms with E-state index in [1.165, 1.54) is 0 Å². The lowest BCUT2D eigenvalue weighted by atomic mass is 10.2. The summed E-state index contributed by atoms with van der Waals surface area (Å²) in [6, 6.07) is 7.63. The Hall–Kier alpha value is -1.31. The van der Waals surface area contributed by atoms with Gasteiger partial charge in [0.2, 0.25) is 10.0 Å². The third kappa shape index (κ3) is 6.64. The molecular formula is C14H23ClN4O2S. The monoisotopic (exact) mass is 346 g/mol. The Balaban J connectivity index is 2.47. The second-order valence-electron chi connectivity index (χ2n) is 4.76. The van der Waals surface area contributed by atoms with E-state index in [4.69, 9.17) is 11.6 Å². The first-order valence-electron chi connectivity index (χ1n) is 7.01. The van der Waals surface area contributed by atoms with Crippen LogP contribution >= 0.6 is 11.6 Å². The lowest BCUT2D eigenvalue weighted by Gasteiger charge is -2.22. The zero-order valence-corrected chi connectivity index (χ0v) is 14.7. The number of guanidine groups is 1. The van der Waals surface area contributed by atoms with E-state index in [0.717, 1.165) is 5.56 Å². The van der Waals surface area contributed by atoms with Gasteiger partial charge in [0.05, 0.1) is 5.75 Å². The maximum Gasteiger partial charge on any atom is 0.211 e. The van der Waals surface area contributed by atoms with Crippen LogP contribution in [0.15, 0.2) is 29.3 Å². The largest absolute Gasteiger partial charge is 0.355 e. The van der Waals surface area contributed by atoms with Crippen LogP contribution in [0.4, 0.5) is 0 Å². The van der Waals surface area contributed by atoms with E-state index in [9.17, 15) is 8.42 Å². The summed E-state index contributed by atoms with van der Waals surface area (Å²) in [5, 5.41) is 3.81. The summed E-state index contributed by atoms with van der Waals surface area (Å²) in [4.78, 5) is 6.13. The summed E-state index contributed by atoms with van der Waals surface area (Å²) in [5.74, 6) is 0.770. The van der Waals surface area contributed by atoms with E-state index in [1.807, 2.05) is 36.2 Å². The summed E-state index contributed by atoms with van der Waals surface area (Å²) in [7, 11) is 0.441. The average Bonchev–Trinajstić information content (AvgIpc) is 2.47. The Morgan fingerprint density at radius 1 is 1.36 bits per heavy atom. The van der Waals surface area contributed by atoms with Crippen LogP contribution < -0.4 is 10.0 Å². The molecule has 0 spiro atoms. The molecule has 1 rings (SSSR count). The number of rotatable bonds is 7. The van der Waals surface area contributed by atoms with Crippen LogP contribution in [0.1, 0.15) is 12.5 Å². The Morgan fingerprint density at radius 2 is 2.09 bits per heavy atom. The highest BCUT2D eigenvalue weighted by Gasteiger charge is 2.08. The number of nitrogens with one attached hydrogen (secondary N) is 2. The molecule has 0 aliphatic rings. The maximum absolute atomic E-state index is 11.3. The number of aliphatic imine (C=N–C) groups is 1. The van der Waals surface area contributed by atoms with Crippen LogP contribution in [-0.4, -0.2) is 52.2 Å². The van der Waals surface area contributed by atoms with E-state index in [2.05, 4.69) is 15.0 Å². The first-order chi connectivity index (χ1) is 10.4. The second kappa shape index (κ2) is 8.97. The summed E-state index contributed by atoms with van der Waals surface area (Å²) < 4.78 is 25.2. The van der Waals surface area contributed by atoms with Gasteiger partial charge >= 0.3 is 0 Å². The molecule has 2 N–H and O–H groups in total. The van der Waals surface area contributed by atoms with Crippen molar-refractivity contribution < 1.29 is 8.42 Å². The van der Waals surface area contributed by atoms with E-state index >= 15 is 0 Å². The van der Waals surface area contributed by atoms with Gasteiger partial charge in [-0.05, 0) is 24.6 Å². The number of hydrogen-bond acceptors (Lipinski definition) is 3. The molecule has 0 bridgehead atoms. The van der Waals surface area contributed by atoms with Crippen LogP contribution in [-0.2, 0) is 16.6 Å². The van der Waals surface area contributed by atoms with Crippen molar-refractivity contribution in [1.29, 1.82) is 0 Å². The third-order valence-corrected chi connectivity index (χ3v) is 4.63. The molecule has 22 heavy (non-hydrogen) atoms. The molecule has 8 heteroatoms. The molecule has 0 amide bonds. The zero-order valence-electron chi connectivity index (χ0n) is 13.1. The second-order valence-corrected chi connectivity index (χ2v) is 7.29. The molecule has 0 atom stereocenters. The summed E-state index contributed by atoms with van der Waals surface area (Å²) in [6.07, 6.45) is 0. The van der Waals surface area contributed by atoms with E-state index in [-0.39, 0.29) is 5.75 Å². The van der Waals surface area contributed by atoms with Crippen LogP contribution in [0.2, 0.25) is 5.02 Å². The number of hydrogen-bond donors (Lipinski definition) is 2. The van der Waals surface area contributed by atoms with Gasteiger partial charge in [-0.25, -0.2) is 13.1 Å². The van der Waals surface area contributed by atoms with E-state index in [1.54, 1.807) is 14.0 Å². The molecule has 0 saturated heterocycles. The highest BCUT2D eigenvalue weighted by molar-refractivity contribution is 7.89. The van der Waals surface area contributed by atoms with Crippen molar-refractivity contribution in [2.75, 3.05) is 32.9 Å². The molecule has 0 fully saturated rings. The highest BCUT2D eigenvalue weighted by atomic mass is 35.5. The minimum absolute atomic E-state index is 0.0798. The van der Waals surface area contributed by atoms with Gasteiger partial charge in [0.15, 0.2) is 5.96 Å². The molecule has 0 aliphatic heterocycles. The molecule has 0 radical (unpaired) electrons. The van der Waals surface area contributed by atoms with Gasteiger partial charge < -0.3 is 10.2 Å². The number of benzene rings is 1. The molecule has 0 heterocycles. The van der Waals surface area contributed by atoms with Gasteiger partial charge in [-0.1, -0.05) is 23.7 Å². The smallest absolute Gasteiger partial charge is 0.211 e. The van der Waals surface area contributed by atoms with Crippen molar-refractivity contribution in [2.45, 2.75) is 13.5 Å². The zero-order chi connectivity index (χ0) is 16.6. The van der Waals surface area contributed by atoms with Gasteiger partial charge in [0.1, 0.15) is 0 Å². The summed E-state index contributed by atoms with van der Waals surface area (Å²) in [6.45, 7) is 3.04. The van der Waals surface area contributed by atoms with Crippen molar-refractivity contribution in [3.8, 4) is 0 Å². The van der Waals surface area contributed by atoms with Gasteiger partial charge in [0, 0.05) is 38.8 Å². The topological polar surface area (TPSA) is 73.8 Å². The maximum atomic E-state index is 11.3. The van der Waals surface area contributed by atoms with Crippen LogP contribution in [0.5, 0.6) is 0 Å². The standard InChI is InChI=1S/C14H23ClN4O2S/c1-4-22(20,21)18-9-8-17-14(16-2)19(3)11-12-6-5-7-13(15)10-12/h5-7,10,18H,4,8-9,11H2,1-3H3,(H,16,17). The van der Waals surface area contributed by atoms with Gasteiger partial charge in [-0.3, -0.25) is 4.99 Å². The minimum atomic E-state index is -3.16. The van der Waals surface area contributed by atoms with Crippen molar-refractivity contribution in [1.82, 2.24) is 14.9 Å². The molecule has 0 saturated carbocycles. The van der Waals surface area contributed by atoms with Crippen molar-refractivity contribution in [2.24, 2.45) is 4.99 Å². The fraction of sp³-hybridized carbons (Fsp3) is 0.500. The number of halogens is 1. The highest BCUT2D eigenvalue weighted by Crippen LogP contribution is 2.12. The van der Waals surface area contributed by atoms with Gasteiger partial charge in [-0.2, -0.15) is 0 Å². The molecular weight excluding hydrogens is 324 g/mol. The summed E-state index contributed by atoms with van der Waals surface area (Å²) in [5.41, 5.74) is 1.07. The van der Waals surface area contributed by atoms with Crippen molar-refractivity contribution in [3.05, 3.63) is 34.9 Å². The fourth-order valence-corrected chi connectivity index (χ4v) is 2.68. The Labute approximate surface area is 137 Å². The molecule has 1 aromatic carbocycles. The van der Waals surface area contributed by atoms with E-state index < -0.39 is 10.0 Å². The van der Waals surface area contributed by atoms with Crippen molar-refractivity contribution in [3.63, 3.8) is 0 Å². The molecule has 1 aromatic rings. The molecule has 6 nitrogen and oxygen atoms in total. The lowest BCUT2D eigenvalue weighted by molar-refractivity contribution is 0.477. The van der Waals surface area contributed by atoms with Gasteiger partial charge in [-0.15, -0.1) is 0 Å². The predicted molar refractivity (Wildman–Crippen MR) is 91.7 cm³/mol. The van der Waals surface area contributed by atoms with Crippen LogP contribution in [0, 0.1) is 0 Å². The number of nitrogens with zero attached hydrogens (tertiary/aromatic N) is 2. The molecule has 0 unspecified atom stereocenters. The van der Waals surface area contributed by atoms with Crippen LogP contribution in [0.3, 0.4) is 0 Å². The quantitative estimate of drug-likeness (QED) is 0.443. The normalized spacial score (nSPS) is 12.3.